The van der Waals surface area contributed by atoms with E-state index in [1.54, 1.807) is 12.1 Å². The maximum Gasteiger partial charge on any atom is 0.274 e. The standard InChI is InChI=1S/C7H6BrNO2S/c8-6-2-1-5(4-12)7(3-6)9(10)11/h1-3,12H,4H2. The predicted octanol–water partition coefficient (Wildman–Crippen LogP) is 2.79. The molecule has 0 N–H and O–H groups in total. The molecule has 0 atom stereocenters. The number of hydrogen-bond acceptors (Lipinski definition) is 3. The molecule has 0 radical (unpaired) electrons. The lowest BCUT2D eigenvalue weighted by Gasteiger charge is -1.98. The van der Waals surface area contributed by atoms with Crippen LogP contribution >= 0.6 is 28.6 Å². The van der Waals surface area contributed by atoms with Crippen LogP contribution in [0.4, 0.5) is 5.69 Å². The topological polar surface area (TPSA) is 43.1 Å². The normalized spacial score (nSPS) is 9.83. The van der Waals surface area contributed by atoms with Crippen molar-refractivity contribution in [3.05, 3.63) is 38.3 Å². The summed E-state index contributed by atoms with van der Waals surface area (Å²) in [5.74, 6) is 0.379. The van der Waals surface area contributed by atoms with E-state index in [1.165, 1.54) is 6.07 Å². The molecule has 1 aromatic carbocycles. The first kappa shape index (κ1) is 9.54. The van der Waals surface area contributed by atoms with Gasteiger partial charge in [0.1, 0.15) is 0 Å². The quantitative estimate of drug-likeness (QED) is 0.496. The van der Waals surface area contributed by atoms with Crippen LogP contribution in [0.1, 0.15) is 5.56 Å². The average Bonchev–Trinajstić information content (AvgIpc) is 2.04. The van der Waals surface area contributed by atoms with E-state index in [0.717, 1.165) is 0 Å². The Morgan fingerprint density at radius 2 is 2.25 bits per heavy atom. The van der Waals surface area contributed by atoms with Crippen LogP contribution < -0.4 is 0 Å². The second kappa shape index (κ2) is 3.91. The van der Waals surface area contributed by atoms with Crippen molar-refractivity contribution < 1.29 is 4.92 Å². The Hall–Kier alpha value is -0.550. The number of thiol groups is 1. The van der Waals surface area contributed by atoms with E-state index < -0.39 is 4.92 Å². The van der Waals surface area contributed by atoms with Gasteiger partial charge in [0.25, 0.3) is 5.69 Å². The third-order valence-electron chi connectivity index (χ3n) is 1.41. The predicted molar refractivity (Wildman–Crippen MR) is 53.5 cm³/mol. The van der Waals surface area contributed by atoms with Gasteiger partial charge in [-0.25, -0.2) is 0 Å². The maximum absolute atomic E-state index is 10.5. The van der Waals surface area contributed by atoms with Crippen LogP contribution in [0.15, 0.2) is 22.7 Å². The summed E-state index contributed by atoms with van der Waals surface area (Å²) >= 11 is 7.15. The Labute approximate surface area is 83.5 Å². The highest BCUT2D eigenvalue weighted by Gasteiger charge is 2.11. The zero-order valence-electron chi connectivity index (χ0n) is 6.03. The van der Waals surface area contributed by atoms with Gasteiger partial charge < -0.3 is 0 Å². The molecule has 0 amide bonds. The molecule has 64 valence electrons. The number of nitro benzene ring substituents is 1. The molecule has 3 nitrogen and oxygen atoms in total. The van der Waals surface area contributed by atoms with Crippen LogP contribution in [0.5, 0.6) is 0 Å². The fourth-order valence-corrected chi connectivity index (χ4v) is 1.46. The number of hydrogen-bond donors (Lipinski definition) is 1. The molecule has 5 heteroatoms. The van der Waals surface area contributed by atoms with E-state index >= 15 is 0 Å². The minimum Gasteiger partial charge on any atom is -0.258 e. The molecule has 1 aromatic rings. The van der Waals surface area contributed by atoms with Crippen molar-refractivity contribution >= 4 is 34.2 Å². The van der Waals surface area contributed by atoms with E-state index in [2.05, 4.69) is 28.6 Å². The zero-order chi connectivity index (χ0) is 9.14. The van der Waals surface area contributed by atoms with Gasteiger partial charge in [-0.2, -0.15) is 12.6 Å². The molecule has 0 saturated carbocycles. The van der Waals surface area contributed by atoms with E-state index in [0.29, 0.717) is 15.8 Å². The Bertz CT molecular complexity index is 316. The maximum atomic E-state index is 10.5. The van der Waals surface area contributed by atoms with Crippen molar-refractivity contribution in [3.63, 3.8) is 0 Å². The van der Waals surface area contributed by atoms with Gasteiger partial charge in [0.15, 0.2) is 0 Å². The molecule has 0 fully saturated rings. The summed E-state index contributed by atoms with van der Waals surface area (Å²) in [4.78, 5) is 10.1. The largest absolute Gasteiger partial charge is 0.274 e. The van der Waals surface area contributed by atoms with E-state index in [9.17, 15) is 10.1 Å². The smallest absolute Gasteiger partial charge is 0.258 e. The molecule has 0 saturated heterocycles. The van der Waals surface area contributed by atoms with Crippen molar-refractivity contribution in [3.8, 4) is 0 Å². The van der Waals surface area contributed by atoms with Crippen molar-refractivity contribution in [1.29, 1.82) is 0 Å². The molecule has 0 heterocycles. The van der Waals surface area contributed by atoms with Crippen molar-refractivity contribution in [1.82, 2.24) is 0 Å². The molecule has 0 bridgehead atoms. The Balaban J connectivity index is 3.21. The van der Waals surface area contributed by atoms with Crippen molar-refractivity contribution in [2.24, 2.45) is 0 Å². The summed E-state index contributed by atoms with van der Waals surface area (Å²) in [6, 6.07) is 4.93. The monoisotopic (exact) mass is 247 g/mol. The summed E-state index contributed by atoms with van der Waals surface area (Å²) < 4.78 is 0.708. The fraction of sp³-hybridized carbons (Fsp3) is 0.143. The lowest BCUT2D eigenvalue weighted by molar-refractivity contribution is -0.385. The highest BCUT2D eigenvalue weighted by atomic mass is 79.9. The lowest BCUT2D eigenvalue weighted by Crippen LogP contribution is -1.92. The van der Waals surface area contributed by atoms with Crippen LogP contribution in [-0.4, -0.2) is 4.92 Å². The van der Waals surface area contributed by atoms with Gasteiger partial charge in [0.05, 0.1) is 4.92 Å². The molecule has 0 unspecified atom stereocenters. The van der Waals surface area contributed by atoms with Crippen LogP contribution in [0.25, 0.3) is 0 Å². The molecule has 1 rings (SSSR count). The van der Waals surface area contributed by atoms with Gasteiger partial charge in [0.2, 0.25) is 0 Å². The first-order valence-electron chi connectivity index (χ1n) is 3.19. The highest BCUT2D eigenvalue weighted by Crippen LogP contribution is 2.24. The summed E-state index contributed by atoms with van der Waals surface area (Å²) in [5, 5.41) is 10.5. The molecule has 0 aliphatic heterocycles. The highest BCUT2D eigenvalue weighted by molar-refractivity contribution is 9.10. The zero-order valence-corrected chi connectivity index (χ0v) is 8.51. The van der Waals surface area contributed by atoms with Gasteiger partial charge >= 0.3 is 0 Å². The van der Waals surface area contributed by atoms with E-state index in [-0.39, 0.29) is 5.69 Å². The van der Waals surface area contributed by atoms with Gasteiger partial charge in [-0.3, -0.25) is 10.1 Å². The molecule has 0 aliphatic rings. The third kappa shape index (κ3) is 1.98. The molecular weight excluding hydrogens is 242 g/mol. The lowest BCUT2D eigenvalue weighted by atomic mass is 10.2. The fourth-order valence-electron chi connectivity index (χ4n) is 0.841. The van der Waals surface area contributed by atoms with E-state index in [1.807, 2.05) is 0 Å². The third-order valence-corrected chi connectivity index (χ3v) is 2.25. The molecular formula is C7H6BrNO2S. The summed E-state index contributed by atoms with van der Waals surface area (Å²) in [5.41, 5.74) is 0.742. The van der Waals surface area contributed by atoms with Crippen LogP contribution in [0, 0.1) is 10.1 Å². The Morgan fingerprint density at radius 3 is 2.75 bits per heavy atom. The number of benzene rings is 1. The Kier molecular flexibility index (Phi) is 3.11. The minimum absolute atomic E-state index is 0.111. The van der Waals surface area contributed by atoms with E-state index in [4.69, 9.17) is 0 Å². The van der Waals surface area contributed by atoms with Crippen molar-refractivity contribution in [2.45, 2.75) is 5.75 Å². The number of nitro groups is 1. The number of nitrogens with zero attached hydrogens (tertiary/aromatic N) is 1. The second-order valence-electron chi connectivity index (χ2n) is 2.19. The van der Waals surface area contributed by atoms with Crippen LogP contribution in [-0.2, 0) is 5.75 Å². The van der Waals surface area contributed by atoms with Gasteiger partial charge in [-0.15, -0.1) is 0 Å². The number of halogens is 1. The molecule has 0 aliphatic carbocycles. The summed E-state index contributed by atoms with van der Waals surface area (Å²) in [7, 11) is 0. The van der Waals surface area contributed by atoms with Gasteiger partial charge in [-0.05, 0) is 6.07 Å². The molecule has 12 heavy (non-hydrogen) atoms. The molecule has 0 spiro atoms. The minimum atomic E-state index is -0.406. The SMILES string of the molecule is O=[N+]([O-])c1cc(Br)ccc1CS. The first-order chi connectivity index (χ1) is 5.65. The summed E-state index contributed by atoms with van der Waals surface area (Å²) in [6.07, 6.45) is 0. The van der Waals surface area contributed by atoms with Crippen LogP contribution in [0.2, 0.25) is 0 Å². The Morgan fingerprint density at radius 1 is 1.58 bits per heavy atom. The second-order valence-corrected chi connectivity index (χ2v) is 3.42. The summed E-state index contributed by atoms with van der Waals surface area (Å²) in [6.45, 7) is 0. The average molecular weight is 248 g/mol. The molecule has 0 aromatic heterocycles. The van der Waals surface area contributed by atoms with Crippen LogP contribution in [0.3, 0.4) is 0 Å². The van der Waals surface area contributed by atoms with Gasteiger partial charge in [0, 0.05) is 21.9 Å². The number of rotatable bonds is 2. The first-order valence-corrected chi connectivity index (χ1v) is 4.61. The van der Waals surface area contributed by atoms with Gasteiger partial charge in [-0.1, -0.05) is 22.0 Å². The van der Waals surface area contributed by atoms with Crippen molar-refractivity contribution in [2.75, 3.05) is 0 Å².